The van der Waals surface area contributed by atoms with Crippen LogP contribution in [0.4, 0.5) is 17.1 Å². The van der Waals surface area contributed by atoms with Gasteiger partial charge in [-0.15, -0.1) is 0 Å². The van der Waals surface area contributed by atoms with Crippen LogP contribution in [-0.4, -0.2) is 21.2 Å². The van der Waals surface area contributed by atoms with E-state index >= 15 is 0 Å². The predicted octanol–water partition coefficient (Wildman–Crippen LogP) is 8.68. The third kappa shape index (κ3) is 4.24. The van der Waals surface area contributed by atoms with E-state index in [9.17, 15) is 0 Å². The van der Waals surface area contributed by atoms with Gasteiger partial charge in [-0.1, -0.05) is 0 Å². The molecule has 0 unspecified atom stereocenters. The Bertz CT molecular complexity index is 2240. The van der Waals surface area contributed by atoms with Crippen molar-refractivity contribution in [2.24, 2.45) is 0 Å². The standard InChI is InChI=1S/C42H28BNSe/c1-3-15-29(16-4-1)31-20-13-21-32(30-17-5-2-6-18-30)41(31)43-35-23-8-10-25-37(35)44(38-26-11-9-24-36(38)43)39-27-14-22-34-33-19-7-12-28-40(33)45-42(34)39/h1-28H. The fourth-order valence-electron chi connectivity index (χ4n) is 7.26. The molecule has 1 aromatic heterocycles. The summed E-state index contributed by atoms with van der Waals surface area (Å²) < 4.78 is 2.93. The van der Waals surface area contributed by atoms with Gasteiger partial charge in [0.2, 0.25) is 0 Å². The molecule has 3 heteroatoms. The molecule has 8 aromatic rings. The minimum absolute atomic E-state index is 0.0553. The van der Waals surface area contributed by atoms with Crippen LogP contribution in [0.5, 0.6) is 0 Å². The van der Waals surface area contributed by atoms with Gasteiger partial charge < -0.3 is 0 Å². The Labute approximate surface area is 269 Å². The molecule has 0 fully saturated rings. The molecule has 0 saturated carbocycles. The fourth-order valence-corrected chi connectivity index (χ4v) is 9.79. The molecule has 210 valence electrons. The number of fused-ring (bicyclic) bond motifs is 5. The van der Waals surface area contributed by atoms with Gasteiger partial charge in [-0.3, -0.25) is 0 Å². The number of hydrogen-bond donors (Lipinski definition) is 0. The molecule has 7 aromatic carbocycles. The maximum atomic E-state index is 2.54. The SMILES string of the molecule is c1ccc(-c2cccc(-c3ccccc3)c2B2c3ccccc3N(c3cccc4c3[se]c3ccccc34)c3ccccc32)cc1. The maximum absolute atomic E-state index is 2.54. The van der Waals surface area contributed by atoms with Crippen LogP contribution >= 0.6 is 0 Å². The first kappa shape index (κ1) is 26.3. The summed E-state index contributed by atoms with van der Waals surface area (Å²) in [6.45, 7) is 0.0553. The van der Waals surface area contributed by atoms with E-state index in [1.807, 2.05) is 0 Å². The first-order chi connectivity index (χ1) is 22.4. The van der Waals surface area contributed by atoms with Gasteiger partial charge in [0.1, 0.15) is 0 Å². The van der Waals surface area contributed by atoms with Crippen LogP contribution in [0.25, 0.3) is 41.5 Å². The molecule has 0 radical (unpaired) electrons. The zero-order chi connectivity index (χ0) is 29.7. The molecule has 0 saturated heterocycles. The molecular formula is C42H28BNSe. The normalized spacial score (nSPS) is 12.4. The van der Waals surface area contributed by atoms with Crippen molar-refractivity contribution < 1.29 is 0 Å². The zero-order valence-corrected chi connectivity index (χ0v) is 26.3. The van der Waals surface area contributed by atoms with E-state index in [4.69, 9.17) is 0 Å². The molecule has 0 bridgehead atoms. The van der Waals surface area contributed by atoms with E-state index in [2.05, 4.69) is 175 Å². The second kappa shape index (κ2) is 10.8. The average molecular weight is 636 g/mol. The van der Waals surface area contributed by atoms with Gasteiger partial charge in [0.25, 0.3) is 0 Å². The Morgan fingerprint density at radius 3 is 1.53 bits per heavy atom. The van der Waals surface area contributed by atoms with Gasteiger partial charge in [-0.05, 0) is 0 Å². The predicted molar refractivity (Wildman–Crippen MR) is 195 cm³/mol. The second-order valence-electron chi connectivity index (χ2n) is 11.6. The number of anilines is 3. The van der Waals surface area contributed by atoms with E-state index in [-0.39, 0.29) is 21.2 Å². The van der Waals surface area contributed by atoms with Gasteiger partial charge in [0.05, 0.1) is 0 Å². The summed E-state index contributed by atoms with van der Waals surface area (Å²) in [6, 6.07) is 62.5. The molecule has 0 atom stereocenters. The van der Waals surface area contributed by atoms with E-state index in [1.165, 1.54) is 75.0 Å². The summed E-state index contributed by atoms with van der Waals surface area (Å²) in [5, 5.41) is 2.76. The molecule has 1 nitrogen and oxygen atoms in total. The molecule has 0 spiro atoms. The number of para-hydroxylation sites is 2. The number of rotatable bonds is 4. The van der Waals surface area contributed by atoms with Crippen molar-refractivity contribution in [1.82, 2.24) is 0 Å². The fraction of sp³-hybridized carbons (Fsp3) is 0. The van der Waals surface area contributed by atoms with Gasteiger partial charge in [0, 0.05) is 0 Å². The van der Waals surface area contributed by atoms with Crippen molar-refractivity contribution in [3.05, 3.63) is 170 Å². The molecule has 1 aliphatic rings. The number of nitrogens with zero attached hydrogens (tertiary/aromatic N) is 1. The number of benzene rings is 7. The molecular weight excluding hydrogens is 608 g/mol. The first-order valence-electron chi connectivity index (χ1n) is 15.5. The Morgan fingerprint density at radius 2 is 0.889 bits per heavy atom. The Kier molecular flexibility index (Phi) is 6.33. The number of hydrogen-bond acceptors (Lipinski definition) is 1. The van der Waals surface area contributed by atoms with Gasteiger partial charge in [-0.2, -0.15) is 0 Å². The van der Waals surface area contributed by atoms with Crippen molar-refractivity contribution in [1.29, 1.82) is 0 Å². The van der Waals surface area contributed by atoms with Crippen molar-refractivity contribution in [3.63, 3.8) is 0 Å². The summed E-state index contributed by atoms with van der Waals surface area (Å²) in [6.07, 6.45) is 0. The minimum atomic E-state index is 0.0553. The molecule has 2 heterocycles. The second-order valence-corrected chi connectivity index (χ2v) is 13.8. The van der Waals surface area contributed by atoms with Crippen LogP contribution in [0.15, 0.2) is 170 Å². The summed E-state index contributed by atoms with van der Waals surface area (Å²) in [5.74, 6) is 0. The molecule has 9 rings (SSSR count). The van der Waals surface area contributed by atoms with Crippen LogP contribution in [0.1, 0.15) is 0 Å². The van der Waals surface area contributed by atoms with Crippen molar-refractivity contribution >= 4 is 74.0 Å². The third-order valence-electron chi connectivity index (χ3n) is 9.17. The molecule has 0 amide bonds. The van der Waals surface area contributed by atoms with E-state index in [0.29, 0.717) is 0 Å². The van der Waals surface area contributed by atoms with Crippen molar-refractivity contribution in [2.45, 2.75) is 0 Å². The van der Waals surface area contributed by atoms with Gasteiger partial charge >= 0.3 is 271 Å². The molecule has 45 heavy (non-hydrogen) atoms. The van der Waals surface area contributed by atoms with E-state index in [0.717, 1.165) is 0 Å². The van der Waals surface area contributed by atoms with Crippen molar-refractivity contribution in [3.8, 4) is 22.3 Å². The van der Waals surface area contributed by atoms with E-state index < -0.39 is 0 Å². The summed E-state index contributed by atoms with van der Waals surface area (Å²) >= 11 is 0.240. The van der Waals surface area contributed by atoms with Crippen molar-refractivity contribution in [2.75, 3.05) is 4.90 Å². The molecule has 0 aliphatic carbocycles. The van der Waals surface area contributed by atoms with Crippen LogP contribution < -0.4 is 21.3 Å². The average Bonchev–Trinajstić information content (AvgIpc) is 3.50. The van der Waals surface area contributed by atoms with Crippen LogP contribution in [0.2, 0.25) is 0 Å². The molecule has 1 aliphatic heterocycles. The van der Waals surface area contributed by atoms with Crippen LogP contribution in [0.3, 0.4) is 0 Å². The first-order valence-corrected chi connectivity index (χ1v) is 17.2. The van der Waals surface area contributed by atoms with Gasteiger partial charge in [-0.25, -0.2) is 0 Å². The quantitative estimate of drug-likeness (QED) is 0.175. The summed E-state index contributed by atoms with van der Waals surface area (Å²) in [7, 11) is 0. The Balaban J connectivity index is 1.35. The molecule has 0 N–H and O–H groups in total. The van der Waals surface area contributed by atoms with Crippen LogP contribution in [-0.2, 0) is 0 Å². The van der Waals surface area contributed by atoms with E-state index in [1.54, 1.807) is 0 Å². The Morgan fingerprint density at radius 1 is 0.400 bits per heavy atom. The third-order valence-corrected chi connectivity index (χ3v) is 11.7. The Hall–Kier alpha value is -5.08. The summed E-state index contributed by atoms with van der Waals surface area (Å²) in [5.41, 5.74) is 12.8. The monoisotopic (exact) mass is 637 g/mol. The summed E-state index contributed by atoms with van der Waals surface area (Å²) in [4.78, 5) is 2.54. The topological polar surface area (TPSA) is 3.24 Å². The van der Waals surface area contributed by atoms with Crippen LogP contribution in [0, 0.1) is 0 Å². The zero-order valence-electron chi connectivity index (χ0n) is 24.6. The van der Waals surface area contributed by atoms with Gasteiger partial charge in [0.15, 0.2) is 0 Å².